The van der Waals surface area contributed by atoms with E-state index in [0.29, 0.717) is 31.1 Å². The lowest BCUT2D eigenvalue weighted by Crippen LogP contribution is -2.36. The van der Waals surface area contributed by atoms with Gasteiger partial charge in [-0.1, -0.05) is 6.07 Å². The van der Waals surface area contributed by atoms with Crippen molar-refractivity contribution in [1.82, 2.24) is 24.3 Å². The first-order valence-corrected chi connectivity index (χ1v) is 9.59. The van der Waals surface area contributed by atoms with Gasteiger partial charge < -0.3 is 15.4 Å². The molecule has 0 aliphatic carbocycles. The van der Waals surface area contributed by atoms with E-state index in [-0.39, 0.29) is 18.7 Å². The molecule has 4 rings (SSSR count). The van der Waals surface area contributed by atoms with Crippen molar-refractivity contribution in [1.29, 1.82) is 0 Å². The molecule has 0 atom stereocenters. The Morgan fingerprint density at radius 1 is 1.20 bits per heavy atom. The average Bonchev–Trinajstić information content (AvgIpc) is 3.18. The average molecular weight is 411 g/mol. The number of anilines is 1. The van der Waals surface area contributed by atoms with Crippen LogP contribution < -0.4 is 16.3 Å². The molecule has 0 amide bonds. The van der Waals surface area contributed by atoms with E-state index in [4.69, 9.17) is 10.5 Å². The van der Waals surface area contributed by atoms with E-state index in [1.54, 1.807) is 12.3 Å². The third-order valence-corrected chi connectivity index (χ3v) is 4.86. The van der Waals surface area contributed by atoms with Crippen molar-refractivity contribution in [3.05, 3.63) is 65.2 Å². The molecule has 3 aromatic heterocycles. The molecule has 2 N–H and O–H groups in total. The Kier molecular flexibility index (Phi) is 5.96. The summed E-state index contributed by atoms with van der Waals surface area (Å²) in [6.07, 6.45) is 3.53. The molecule has 30 heavy (non-hydrogen) atoms. The molecule has 0 radical (unpaired) electrons. The Labute approximate surface area is 172 Å². The van der Waals surface area contributed by atoms with Crippen LogP contribution in [0.1, 0.15) is 0 Å². The van der Waals surface area contributed by atoms with Gasteiger partial charge in [0.1, 0.15) is 18.0 Å². The summed E-state index contributed by atoms with van der Waals surface area (Å²) in [5.74, 6) is 1.31. The standard InChI is InChI=1S/C20H22FN7O2/c21-10-15(11-22)13-28-20(29)27(14-24-28)19-3-1-2-17(25-19)16-4-5-18(23-12-16)26-6-8-30-9-7-26/h1-5,10,12,14H,6-9,11,13,22H2/b15-10+. The summed E-state index contributed by atoms with van der Waals surface area (Å²) in [4.78, 5) is 23.9. The van der Waals surface area contributed by atoms with Crippen molar-refractivity contribution >= 4 is 5.82 Å². The highest BCUT2D eigenvalue weighted by Gasteiger charge is 2.13. The SMILES string of the molecule is NC/C(=C\F)Cn1ncn(-c2cccc(-c3ccc(N4CCOCC4)nc3)n2)c1=O. The van der Waals surface area contributed by atoms with E-state index in [2.05, 4.69) is 20.0 Å². The Balaban J connectivity index is 1.57. The molecule has 1 fully saturated rings. The van der Waals surface area contributed by atoms with Gasteiger partial charge in [-0.05, 0) is 29.8 Å². The quantitative estimate of drug-likeness (QED) is 0.649. The summed E-state index contributed by atoms with van der Waals surface area (Å²) in [6, 6.07) is 9.28. The molecule has 0 saturated carbocycles. The number of morpholine rings is 1. The molecule has 3 aromatic rings. The van der Waals surface area contributed by atoms with Crippen LogP contribution >= 0.6 is 0 Å². The molecule has 10 heteroatoms. The van der Waals surface area contributed by atoms with Crippen LogP contribution in [0, 0.1) is 0 Å². The Morgan fingerprint density at radius 2 is 2.03 bits per heavy atom. The Hall–Kier alpha value is -3.37. The third kappa shape index (κ3) is 4.14. The molecule has 1 saturated heterocycles. The van der Waals surface area contributed by atoms with Crippen molar-refractivity contribution in [2.45, 2.75) is 6.54 Å². The lowest BCUT2D eigenvalue weighted by atomic mass is 10.2. The molecule has 0 spiro atoms. The number of aromatic nitrogens is 5. The molecule has 1 aliphatic rings. The van der Waals surface area contributed by atoms with Gasteiger partial charge in [0, 0.05) is 31.4 Å². The number of pyridine rings is 2. The van der Waals surface area contributed by atoms with Gasteiger partial charge in [0.15, 0.2) is 0 Å². The summed E-state index contributed by atoms with van der Waals surface area (Å²) < 4.78 is 20.6. The summed E-state index contributed by atoms with van der Waals surface area (Å²) in [5.41, 5.74) is 6.82. The first-order chi connectivity index (χ1) is 14.7. The van der Waals surface area contributed by atoms with Crippen molar-refractivity contribution in [3.8, 4) is 17.1 Å². The predicted molar refractivity (Wildman–Crippen MR) is 110 cm³/mol. The number of nitrogens with zero attached hydrogens (tertiary/aromatic N) is 6. The fourth-order valence-electron chi connectivity index (χ4n) is 3.17. The first-order valence-electron chi connectivity index (χ1n) is 9.59. The van der Waals surface area contributed by atoms with Crippen molar-refractivity contribution in [3.63, 3.8) is 0 Å². The number of nitrogens with two attached hydrogens (primary N) is 1. The predicted octanol–water partition coefficient (Wildman–Crippen LogP) is 1.14. The van der Waals surface area contributed by atoms with E-state index in [9.17, 15) is 9.18 Å². The normalized spacial score (nSPS) is 14.9. The maximum Gasteiger partial charge on any atom is 0.351 e. The van der Waals surface area contributed by atoms with Crippen LogP contribution in [0.5, 0.6) is 0 Å². The minimum Gasteiger partial charge on any atom is -0.378 e. The maximum absolute atomic E-state index is 12.8. The van der Waals surface area contributed by atoms with Crippen LogP contribution in [0.3, 0.4) is 0 Å². The fraction of sp³-hybridized carbons (Fsp3) is 0.300. The Bertz CT molecular complexity index is 1090. The number of halogens is 1. The fourth-order valence-corrected chi connectivity index (χ4v) is 3.17. The molecule has 1 aliphatic heterocycles. The van der Waals surface area contributed by atoms with Crippen LogP contribution in [0.4, 0.5) is 10.2 Å². The van der Waals surface area contributed by atoms with E-state index < -0.39 is 5.69 Å². The zero-order chi connectivity index (χ0) is 20.9. The highest BCUT2D eigenvalue weighted by molar-refractivity contribution is 5.61. The van der Waals surface area contributed by atoms with Crippen LogP contribution in [0.15, 0.2) is 59.6 Å². The van der Waals surface area contributed by atoms with Gasteiger partial charge in [0.25, 0.3) is 0 Å². The smallest absolute Gasteiger partial charge is 0.351 e. The van der Waals surface area contributed by atoms with Crippen LogP contribution in [0.25, 0.3) is 17.1 Å². The van der Waals surface area contributed by atoms with E-state index in [1.165, 1.54) is 10.9 Å². The highest BCUT2D eigenvalue weighted by atomic mass is 19.1. The van der Waals surface area contributed by atoms with E-state index in [0.717, 1.165) is 29.2 Å². The van der Waals surface area contributed by atoms with Crippen molar-refractivity contribution < 1.29 is 9.13 Å². The van der Waals surface area contributed by atoms with Crippen LogP contribution in [-0.4, -0.2) is 57.2 Å². The van der Waals surface area contributed by atoms with Crippen molar-refractivity contribution in [2.24, 2.45) is 5.73 Å². The molecule has 156 valence electrons. The lowest BCUT2D eigenvalue weighted by molar-refractivity contribution is 0.122. The molecule has 0 bridgehead atoms. The van der Waals surface area contributed by atoms with Gasteiger partial charge in [-0.25, -0.2) is 28.4 Å². The molecular formula is C20H22FN7O2. The van der Waals surface area contributed by atoms with Crippen LogP contribution in [0.2, 0.25) is 0 Å². The van der Waals surface area contributed by atoms with Crippen molar-refractivity contribution in [2.75, 3.05) is 37.7 Å². The summed E-state index contributed by atoms with van der Waals surface area (Å²) >= 11 is 0. The molecule has 4 heterocycles. The number of hydrogen-bond acceptors (Lipinski definition) is 7. The van der Waals surface area contributed by atoms with Gasteiger partial charge >= 0.3 is 5.69 Å². The third-order valence-electron chi connectivity index (χ3n) is 4.86. The summed E-state index contributed by atoms with van der Waals surface area (Å²) in [6.45, 7) is 3.03. The second-order valence-electron chi connectivity index (χ2n) is 6.80. The summed E-state index contributed by atoms with van der Waals surface area (Å²) in [5, 5.41) is 4.03. The number of rotatable bonds is 6. The molecular weight excluding hydrogens is 389 g/mol. The second-order valence-corrected chi connectivity index (χ2v) is 6.80. The summed E-state index contributed by atoms with van der Waals surface area (Å²) in [7, 11) is 0. The number of ether oxygens (including phenoxy) is 1. The molecule has 0 unspecified atom stereocenters. The van der Waals surface area contributed by atoms with Gasteiger partial charge in [-0.2, -0.15) is 5.10 Å². The Morgan fingerprint density at radius 3 is 2.73 bits per heavy atom. The van der Waals surface area contributed by atoms with Crippen LogP contribution in [-0.2, 0) is 11.3 Å². The minimum absolute atomic E-state index is 0.00849. The second kappa shape index (κ2) is 8.97. The minimum atomic E-state index is -0.423. The number of hydrogen-bond donors (Lipinski definition) is 1. The largest absolute Gasteiger partial charge is 0.378 e. The van der Waals surface area contributed by atoms with E-state index >= 15 is 0 Å². The van der Waals surface area contributed by atoms with Gasteiger partial charge in [0.2, 0.25) is 0 Å². The zero-order valence-corrected chi connectivity index (χ0v) is 16.3. The van der Waals surface area contributed by atoms with Gasteiger partial charge in [-0.15, -0.1) is 0 Å². The molecule has 0 aromatic carbocycles. The zero-order valence-electron chi connectivity index (χ0n) is 16.3. The first kappa shape index (κ1) is 19.9. The van der Waals surface area contributed by atoms with E-state index in [1.807, 2.05) is 24.3 Å². The maximum atomic E-state index is 12.8. The molecule has 9 nitrogen and oxygen atoms in total. The topological polar surface area (TPSA) is 104 Å². The van der Waals surface area contributed by atoms with Gasteiger partial charge in [0.05, 0.1) is 31.8 Å². The highest BCUT2D eigenvalue weighted by Crippen LogP contribution is 2.20. The van der Waals surface area contributed by atoms with Gasteiger partial charge in [-0.3, -0.25) is 0 Å². The monoisotopic (exact) mass is 411 g/mol. The lowest BCUT2D eigenvalue weighted by Gasteiger charge is -2.27.